The Hall–Kier alpha value is -2.90. The summed E-state index contributed by atoms with van der Waals surface area (Å²) in [5, 5.41) is 3.92. The summed E-state index contributed by atoms with van der Waals surface area (Å²) in [6.45, 7) is 1.88. The molecule has 1 fully saturated rings. The summed E-state index contributed by atoms with van der Waals surface area (Å²) >= 11 is 12.8. The van der Waals surface area contributed by atoms with Crippen molar-refractivity contribution in [2.24, 2.45) is 0 Å². The highest BCUT2D eigenvalue weighted by Crippen LogP contribution is 2.28. The van der Waals surface area contributed by atoms with Crippen LogP contribution in [0.1, 0.15) is 78.1 Å². The molecule has 1 aliphatic heterocycles. The molecule has 1 atom stereocenters. The molecule has 1 aliphatic carbocycles. The van der Waals surface area contributed by atoms with Crippen LogP contribution in [0.15, 0.2) is 42.5 Å². The molecule has 9 heteroatoms. The predicted molar refractivity (Wildman–Crippen MR) is 143 cm³/mol. The number of rotatable bonds is 9. The van der Waals surface area contributed by atoms with E-state index in [9.17, 15) is 19.2 Å². The molecule has 0 unspecified atom stereocenters. The Morgan fingerprint density at radius 1 is 0.973 bits per heavy atom. The second kappa shape index (κ2) is 12.1. The zero-order valence-corrected chi connectivity index (χ0v) is 22.4. The van der Waals surface area contributed by atoms with Gasteiger partial charge in [-0.15, -0.1) is 0 Å². The zero-order valence-electron chi connectivity index (χ0n) is 20.8. The average Bonchev–Trinajstić information content (AvgIpc) is 3.13. The number of amides is 4. The molecule has 0 aromatic heterocycles. The molecule has 37 heavy (non-hydrogen) atoms. The van der Waals surface area contributed by atoms with Crippen LogP contribution in [0.2, 0.25) is 10.0 Å². The number of fused-ring (bicyclic) bond motifs is 1. The monoisotopic (exact) mass is 543 g/mol. The molecule has 0 bridgehead atoms. The van der Waals surface area contributed by atoms with E-state index in [1.807, 2.05) is 0 Å². The summed E-state index contributed by atoms with van der Waals surface area (Å²) in [5.41, 5.74) is 1.32. The van der Waals surface area contributed by atoms with Crippen LogP contribution in [-0.2, 0) is 16.1 Å². The van der Waals surface area contributed by atoms with E-state index in [2.05, 4.69) is 5.32 Å². The van der Waals surface area contributed by atoms with Crippen molar-refractivity contribution in [2.75, 3.05) is 6.54 Å². The van der Waals surface area contributed by atoms with E-state index in [1.54, 1.807) is 49.4 Å². The summed E-state index contributed by atoms with van der Waals surface area (Å²) < 4.78 is 0. The number of halogens is 2. The lowest BCUT2D eigenvalue weighted by Crippen LogP contribution is -2.50. The summed E-state index contributed by atoms with van der Waals surface area (Å²) in [5.74, 6) is -1.20. The lowest BCUT2D eigenvalue weighted by atomic mass is 9.95. The molecule has 196 valence electrons. The first-order valence-electron chi connectivity index (χ1n) is 12.8. The molecule has 0 saturated heterocycles. The minimum Gasteiger partial charge on any atom is -0.352 e. The van der Waals surface area contributed by atoms with Crippen molar-refractivity contribution in [2.45, 2.75) is 70.5 Å². The topological polar surface area (TPSA) is 86.8 Å². The number of carbonyl (C=O) groups excluding carboxylic acids is 4. The highest BCUT2D eigenvalue weighted by molar-refractivity contribution is 6.36. The molecule has 2 aliphatic rings. The van der Waals surface area contributed by atoms with Gasteiger partial charge in [0.2, 0.25) is 11.8 Å². The van der Waals surface area contributed by atoms with Crippen LogP contribution in [0.4, 0.5) is 0 Å². The Balaban J connectivity index is 1.44. The van der Waals surface area contributed by atoms with Crippen LogP contribution in [0.5, 0.6) is 0 Å². The SMILES string of the molecule is C[C@H](C(=O)NC1CCCCC1)N(Cc1c(Cl)cccc1Cl)C(=O)CCCN1C(=O)c2ccccc2C1=O. The Labute approximate surface area is 227 Å². The Morgan fingerprint density at radius 2 is 1.57 bits per heavy atom. The predicted octanol–water partition coefficient (Wildman–Crippen LogP) is 5.24. The van der Waals surface area contributed by atoms with Gasteiger partial charge in [0.25, 0.3) is 11.8 Å². The first kappa shape index (κ1) is 27.1. The standard InChI is InChI=1S/C28H31Cl2N3O4/c1-18(26(35)31-19-9-3-2-4-10-19)33(17-22-23(29)13-7-14-24(22)30)25(34)15-8-16-32-27(36)20-11-5-6-12-21(20)28(32)37/h5-7,11-14,18-19H,2-4,8-10,15-17H2,1H3,(H,31,35)/t18-/m1/s1. The largest absolute Gasteiger partial charge is 0.352 e. The lowest BCUT2D eigenvalue weighted by molar-refractivity contribution is -0.141. The van der Waals surface area contributed by atoms with Crippen LogP contribution < -0.4 is 5.32 Å². The van der Waals surface area contributed by atoms with Crippen LogP contribution in [-0.4, -0.2) is 52.1 Å². The van der Waals surface area contributed by atoms with Crippen LogP contribution in [0.3, 0.4) is 0 Å². The van der Waals surface area contributed by atoms with E-state index < -0.39 is 6.04 Å². The maximum Gasteiger partial charge on any atom is 0.261 e. The van der Waals surface area contributed by atoms with Crippen molar-refractivity contribution < 1.29 is 19.2 Å². The number of hydrogen-bond donors (Lipinski definition) is 1. The van der Waals surface area contributed by atoms with Crippen molar-refractivity contribution >= 4 is 46.8 Å². The molecular weight excluding hydrogens is 513 g/mol. The maximum atomic E-state index is 13.4. The smallest absolute Gasteiger partial charge is 0.261 e. The molecule has 7 nitrogen and oxygen atoms in total. The van der Waals surface area contributed by atoms with Gasteiger partial charge in [0.15, 0.2) is 0 Å². The van der Waals surface area contributed by atoms with Crippen molar-refractivity contribution in [3.8, 4) is 0 Å². The van der Waals surface area contributed by atoms with Gasteiger partial charge < -0.3 is 10.2 Å². The number of benzene rings is 2. The highest BCUT2D eigenvalue weighted by Gasteiger charge is 2.35. The second-order valence-electron chi connectivity index (χ2n) is 9.65. The molecule has 2 aromatic carbocycles. The normalized spacial score (nSPS) is 16.5. The first-order chi connectivity index (χ1) is 17.8. The molecule has 1 N–H and O–H groups in total. The van der Waals surface area contributed by atoms with E-state index >= 15 is 0 Å². The summed E-state index contributed by atoms with van der Waals surface area (Å²) in [4.78, 5) is 54.5. The highest BCUT2D eigenvalue weighted by atomic mass is 35.5. The first-order valence-corrected chi connectivity index (χ1v) is 13.5. The number of nitrogens with one attached hydrogen (secondary N) is 1. The van der Waals surface area contributed by atoms with Gasteiger partial charge in [0, 0.05) is 41.2 Å². The quantitative estimate of drug-likeness (QED) is 0.438. The van der Waals surface area contributed by atoms with E-state index in [-0.39, 0.29) is 55.6 Å². The van der Waals surface area contributed by atoms with Gasteiger partial charge in [-0.3, -0.25) is 24.1 Å². The average molecular weight is 544 g/mol. The molecule has 4 rings (SSSR count). The third kappa shape index (κ3) is 6.16. The summed E-state index contributed by atoms with van der Waals surface area (Å²) in [6.07, 6.45) is 5.52. The number of nitrogens with zero attached hydrogens (tertiary/aromatic N) is 2. The van der Waals surface area contributed by atoms with Gasteiger partial charge in [0.05, 0.1) is 11.1 Å². The van der Waals surface area contributed by atoms with Gasteiger partial charge in [-0.1, -0.05) is 60.7 Å². The molecule has 0 radical (unpaired) electrons. The van der Waals surface area contributed by atoms with Crippen LogP contribution >= 0.6 is 23.2 Å². The molecule has 4 amide bonds. The van der Waals surface area contributed by atoms with Gasteiger partial charge >= 0.3 is 0 Å². The Bertz CT molecular complexity index is 1140. The number of imide groups is 1. The van der Waals surface area contributed by atoms with Crippen molar-refractivity contribution in [1.29, 1.82) is 0 Å². The van der Waals surface area contributed by atoms with E-state index in [4.69, 9.17) is 23.2 Å². The summed E-state index contributed by atoms with van der Waals surface area (Å²) in [6, 6.07) is 11.2. The third-order valence-corrected chi connectivity index (χ3v) is 7.87. The van der Waals surface area contributed by atoms with E-state index in [0.29, 0.717) is 26.7 Å². The molecule has 1 heterocycles. The Morgan fingerprint density at radius 3 is 2.16 bits per heavy atom. The number of hydrogen-bond acceptors (Lipinski definition) is 4. The maximum absolute atomic E-state index is 13.4. The minimum absolute atomic E-state index is 0.0521. The fourth-order valence-corrected chi connectivity index (χ4v) is 5.50. The fourth-order valence-electron chi connectivity index (χ4n) is 4.98. The second-order valence-corrected chi connectivity index (χ2v) is 10.5. The van der Waals surface area contributed by atoms with Crippen LogP contribution in [0, 0.1) is 0 Å². The lowest BCUT2D eigenvalue weighted by Gasteiger charge is -2.32. The molecular formula is C28H31Cl2N3O4. The van der Waals surface area contributed by atoms with Gasteiger partial charge in [0.1, 0.15) is 6.04 Å². The van der Waals surface area contributed by atoms with Gasteiger partial charge in [-0.25, -0.2) is 0 Å². The zero-order chi connectivity index (χ0) is 26.5. The van der Waals surface area contributed by atoms with Crippen molar-refractivity contribution in [3.05, 3.63) is 69.2 Å². The van der Waals surface area contributed by atoms with Gasteiger partial charge in [-0.2, -0.15) is 0 Å². The van der Waals surface area contributed by atoms with E-state index in [0.717, 1.165) is 25.7 Å². The Kier molecular flexibility index (Phi) is 8.87. The molecule has 2 aromatic rings. The minimum atomic E-state index is -0.749. The fraction of sp³-hybridized carbons (Fsp3) is 0.429. The third-order valence-electron chi connectivity index (χ3n) is 7.16. The summed E-state index contributed by atoms with van der Waals surface area (Å²) in [7, 11) is 0. The van der Waals surface area contributed by atoms with Crippen molar-refractivity contribution in [1.82, 2.24) is 15.1 Å². The van der Waals surface area contributed by atoms with Crippen LogP contribution in [0.25, 0.3) is 0 Å². The molecule has 0 spiro atoms. The van der Waals surface area contributed by atoms with Crippen molar-refractivity contribution in [3.63, 3.8) is 0 Å². The van der Waals surface area contributed by atoms with Gasteiger partial charge in [-0.05, 0) is 50.5 Å². The number of carbonyl (C=O) groups is 4. The van der Waals surface area contributed by atoms with E-state index in [1.165, 1.54) is 16.2 Å². The molecule has 1 saturated carbocycles.